The lowest BCUT2D eigenvalue weighted by molar-refractivity contribution is -0.0153. The SMILES string of the molecule is CCNC(=NCC1CN(C)CCO1)N1CCOC(c2cnn(C)c2)C1. The Labute approximate surface area is 149 Å². The number of rotatable bonds is 4. The van der Waals surface area contributed by atoms with Gasteiger partial charge in [0.05, 0.1) is 38.6 Å². The fourth-order valence-electron chi connectivity index (χ4n) is 3.24. The van der Waals surface area contributed by atoms with Crippen molar-refractivity contribution in [1.29, 1.82) is 0 Å². The van der Waals surface area contributed by atoms with Gasteiger partial charge in [-0.15, -0.1) is 0 Å². The number of nitrogens with zero attached hydrogens (tertiary/aromatic N) is 5. The van der Waals surface area contributed by atoms with Crippen molar-refractivity contribution in [1.82, 2.24) is 24.9 Å². The van der Waals surface area contributed by atoms with Crippen LogP contribution in [0.2, 0.25) is 0 Å². The molecule has 8 heteroatoms. The largest absolute Gasteiger partial charge is 0.374 e. The quantitative estimate of drug-likeness (QED) is 0.613. The average Bonchev–Trinajstić information content (AvgIpc) is 3.05. The van der Waals surface area contributed by atoms with Crippen LogP contribution in [-0.2, 0) is 16.5 Å². The highest BCUT2D eigenvalue weighted by Gasteiger charge is 2.25. The number of hydrogen-bond donors (Lipinski definition) is 1. The fourth-order valence-corrected chi connectivity index (χ4v) is 3.24. The number of ether oxygens (including phenoxy) is 2. The van der Waals surface area contributed by atoms with E-state index in [-0.39, 0.29) is 12.2 Å². The van der Waals surface area contributed by atoms with E-state index in [2.05, 4.69) is 34.2 Å². The van der Waals surface area contributed by atoms with E-state index >= 15 is 0 Å². The Morgan fingerprint density at radius 2 is 2.12 bits per heavy atom. The summed E-state index contributed by atoms with van der Waals surface area (Å²) in [6.45, 7) is 8.65. The van der Waals surface area contributed by atoms with Crippen LogP contribution in [0.3, 0.4) is 0 Å². The molecule has 3 rings (SSSR count). The van der Waals surface area contributed by atoms with E-state index in [1.807, 2.05) is 24.1 Å². The van der Waals surface area contributed by atoms with Gasteiger partial charge in [-0.05, 0) is 14.0 Å². The summed E-state index contributed by atoms with van der Waals surface area (Å²) in [6.07, 6.45) is 4.10. The summed E-state index contributed by atoms with van der Waals surface area (Å²) < 4.78 is 13.6. The maximum Gasteiger partial charge on any atom is 0.194 e. The van der Waals surface area contributed by atoms with Gasteiger partial charge in [-0.2, -0.15) is 5.10 Å². The molecule has 1 aromatic rings. The smallest absolute Gasteiger partial charge is 0.194 e. The molecule has 0 bridgehead atoms. The molecule has 1 aromatic heterocycles. The first-order valence-electron chi connectivity index (χ1n) is 9.09. The first-order chi connectivity index (χ1) is 12.2. The van der Waals surface area contributed by atoms with E-state index in [0.717, 1.165) is 50.9 Å². The van der Waals surface area contributed by atoms with E-state index in [9.17, 15) is 0 Å². The molecule has 2 aliphatic heterocycles. The van der Waals surface area contributed by atoms with E-state index < -0.39 is 0 Å². The zero-order chi connectivity index (χ0) is 17.6. The second-order valence-electron chi connectivity index (χ2n) is 6.70. The predicted molar refractivity (Wildman–Crippen MR) is 96.7 cm³/mol. The predicted octanol–water partition coefficient (Wildman–Crippen LogP) is 0.0895. The molecule has 2 fully saturated rings. The highest BCUT2D eigenvalue weighted by molar-refractivity contribution is 5.80. The summed E-state index contributed by atoms with van der Waals surface area (Å²) >= 11 is 0. The van der Waals surface area contributed by atoms with Crippen LogP contribution in [0.15, 0.2) is 17.4 Å². The van der Waals surface area contributed by atoms with Gasteiger partial charge in [-0.25, -0.2) is 0 Å². The van der Waals surface area contributed by atoms with Crippen molar-refractivity contribution in [3.05, 3.63) is 18.0 Å². The molecule has 3 heterocycles. The van der Waals surface area contributed by atoms with Crippen LogP contribution >= 0.6 is 0 Å². The third-order valence-electron chi connectivity index (χ3n) is 4.58. The Bertz CT molecular complexity index is 575. The molecule has 2 aliphatic rings. The van der Waals surface area contributed by atoms with Crippen molar-refractivity contribution in [2.45, 2.75) is 19.1 Å². The van der Waals surface area contributed by atoms with Gasteiger partial charge in [0.1, 0.15) is 6.10 Å². The zero-order valence-corrected chi connectivity index (χ0v) is 15.5. The Balaban J connectivity index is 1.63. The molecule has 2 unspecified atom stereocenters. The maximum absolute atomic E-state index is 5.94. The number of aromatic nitrogens is 2. The van der Waals surface area contributed by atoms with Crippen LogP contribution in [0.25, 0.3) is 0 Å². The average molecular weight is 350 g/mol. The van der Waals surface area contributed by atoms with Crippen LogP contribution in [0, 0.1) is 0 Å². The molecule has 0 amide bonds. The first-order valence-corrected chi connectivity index (χ1v) is 9.09. The summed E-state index contributed by atoms with van der Waals surface area (Å²) in [6, 6.07) is 0. The lowest BCUT2D eigenvalue weighted by atomic mass is 10.1. The molecule has 140 valence electrons. The van der Waals surface area contributed by atoms with Gasteiger partial charge in [-0.3, -0.25) is 9.67 Å². The molecule has 25 heavy (non-hydrogen) atoms. The minimum absolute atomic E-state index is 0.0309. The number of aryl methyl sites for hydroxylation is 1. The topological polar surface area (TPSA) is 67.2 Å². The van der Waals surface area contributed by atoms with Crippen LogP contribution < -0.4 is 5.32 Å². The Morgan fingerprint density at radius 3 is 2.84 bits per heavy atom. The zero-order valence-electron chi connectivity index (χ0n) is 15.5. The van der Waals surface area contributed by atoms with Crippen LogP contribution in [0.4, 0.5) is 0 Å². The van der Waals surface area contributed by atoms with E-state index in [1.165, 1.54) is 0 Å². The number of aliphatic imine (C=N–C) groups is 1. The minimum Gasteiger partial charge on any atom is -0.374 e. The van der Waals surface area contributed by atoms with Crippen molar-refractivity contribution in [2.24, 2.45) is 12.0 Å². The molecule has 0 radical (unpaired) electrons. The standard InChI is InChI=1S/C17H30N6O2/c1-4-18-17(19-10-15-12-21(2)5-7-24-15)23-6-8-25-16(13-23)14-9-20-22(3)11-14/h9,11,15-16H,4-8,10,12-13H2,1-3H3,(H,18,19). The molecule has 2 atom stereocenters. The molecule has 0 aliphatic carbocycles. The van der Waals surface area contributed by atoms with Crippen molar-refractivity contribution < 1.29 is 9.47 Å². The van der Waals surface area contributed by atoms with Crippen molar-refractivity contribution >= 4 is 5.96 Å². The van der Waals surface area contributed by atoms with E-state index in [1.54, 1.807) is 0 Å². The maximum atomic E-state index is 5.94. The summed E-state index contributed by atoms with van der Waals surface area (Å²) in [5.41, 5.74) is 1.11. The number of nitrogens with one attached hydrogen (secondary N) is 1. The lowest BCUT2D eigenvalue weighted by Crippen LogP contribution is -2.49. The van der Waals surface area contributed by atoms with Crippen LogP contribution in [-0.4, -0.2) is 91.2 Å². The second kappa shape index (κ2) is 8.64. The van der Waals surface area contributed by atoms with Crippen LogP contribution in [0.1, 0.15) is 18.6 Å². The van der Waals surface area contributed by atoms with Gasteiger partial charge < -0.3 is 24.6 Å². The van der Waals surface area contributed by atoms with Crippen molar-refractivity contribution in [2.75, 3.05) is 59.5 Å². The van der Waals surface area contributed by atoms with Gasteiger partial charge in [0, 0.05) is 45.0 Å². The van der Waals surface area contributed by atoms with Crippen LogP contribution in [0.5, 0.6) is 0 Å². The fraction of sp³-hybridized carbons (Fsp3) is 0.765. The minimum atomic E-state index is 0.0309. The lowest BCUT2D eigenvalue weighted by Gasteiger charge is -2.35. The third-order valence-corrected chi connectivity index (χ3v) is 4.58. The summed E-state index contributed by atoms with van der Waals surface area (Å²) in [5.74, 6) is 0.941. The number of likely N-dealkylation sites (N-methyl/N-ethyl adjacent to an activating group) is 1. The van der Waals surface area contributed by atoms with E-state index in [4.69, 9.17) is 14.5 Å². The molecule has 2 saturated heterocycles. The normalized spacial score (nSPS) is 26.0. The molecule has 8 nitrogen and oxygen atoms in total. The van der Waals surface area contributed by atoms with Gasteiger partial charge in [-0.1, -0.05) is 0 Å². The molecule has 0 spiro atoms. The van der Waals surface area contributed by atoms with Gasteiger partial charge in [0.2, 0.25) is 0 Å². The van der Waals surface area contributed by atoms with Gasteiger partial charge in [0.25, 0.3) is 0 Å². The third kappa shape index (κ3) is 4.93. The highest BCUT2D eigenvalue weighted by atomic mass is 16.5. The Kier molecular flexibility index (Phi) is 6.28. The molecule has 0 saturated carbocycles. The first kappa shape index (κ1) is 18.2. The Morgan fingerprint density at radius 1 is 1.28 bits per heavy atom. The summed E-state index contributed by atoms with van der Waals surface area (Å²) in [5, 5.41) is 7.66. The molecule has 0 aromatic carbocycles. The summed E-state index contributed by atoms with van der Waals surface area (Å²) in [7, 11) is 4.06. The van der Waals surface area contributed by atoms with Gasteiger partial charge in [0.15, 0.2) is 5.96 Å². The second-order valence-corrected chi connectivity index (χ2v) is 6.70. The highest BCUT2D eigenvalue weighted by Crippen LogP contribution is 2.21. The number of guanidine groups is 1. The Hall–Kier alpha value is -1.64. The van der Waals surface area contributed by atoms with Crippen molar-refractivity contribution in [3.63, 3.8) is 0 Å². The monoisotopic (exact) mass is 350 g/mol. The van der Waals surface area contributed by atoms with Crippen molar-refractivity contribution in [3.8, 4) is 0 Å². The number of hydrogen-bond acceptors (Lipinski definition) is 5. The molecule has 1 N–H and O–H groups in total. The van der Waals surface area contributed by atoms with Gasteiger partial charge >= 0.3 is 0 Å². The molecular weight excluding hydrogens is 320 g/mol. The van der Waals surface area contributed by atoms with E-state index in [0.29, 0.717) is 13.2 Å². The molecular formula is C17H30N6O2. The number of morpholine rings is 2. The summed E-state index contributed by atoms with van der Waals surface area (Å²) in [4.78, 5) is 9.40.